The van der Waals surface area contributed by atoms with Gasteiger partial charge < -0.3 is 26.1 Å². The molecular weight excluding hydrogens is 384 g/mol. The van der Waals surface area contributed by atoms with Gasteiger partial charge in [0.2, 0.25) is 11.4 Å². The molecule has 3 aromatic rings. The number of amides is 1. The van der Waals surface area contributed by atoms with Gasteiger partial charge in [-0.3, -0.25) is 9.59 Å². The summed E-state index contributed by atoms with van der Waals surface area (Å²) in [5.74, 6) is 0.266. The van der Waals surface area contributed by atoms with Crippen molar-refractivity contribution in [3.63, 3.8) is 0 Å². The molecule has 2 heterocycles. The minimum Gasteiger partial charge on any atom is -0.490 e. The van der Waals surface area contributed by atoms with E-state index in [0.29, 0.717) is 24.2 Å². The summed E-state index contributed by atoms with van der Waals surface area (Å²) in [5.41, 5.74) is 11.6. The van der Waals surface area contributed by atoms with Crippen LogP contribution in [0.1, 0.15) is 43.0 Å². The zero-order chi connectivity index (χ0) is 21.3. The Kier molecular flexibility index (Phi) is 5.26. The highest BCUT2D eigenvalue weighted by Gasteiger charge is 2.20. The molecule has 2 aromatic heterocycles. The van der Waals surface area contributed by atoms with Crippen molar-refractivity contribution in [2.75, 3.05) is 11.1 Å². The topological polar surface area (TPSA) is 138 Å². The molecule has 0 saturated heterocycles. The number of carbonyl (C=O) groups is 1. The number of rotatable bonds is 6. The van der Waals surface area contributed by atoms with E-state index in [1.54, 1.807) is 4.57 Å². The third-order valence-electron chi connectivity index (χ3n) is 5.32. The van der Waals surface area contributed by atoms with Gasteiger partial charge in [-0.2, -0.15) is 4.98 Å². The maximum Gasteiger partial charge on any atom is 0.256 e. The van der Waals surface area contributed by atoms with Crippen molar-refractivity contribution >= 4 is 34.4 Å². The van der Waals surface area contributed by atoms with Crippen molar-refractivity contribution in [2.45, 2.75) is 45.3 Å². The van der Waals surface area contributed by atoms with Crippen molar-refractivity contribution in [3.8, 4) is 5.75 Å². The second-order valence-electron chi connectivity index (χ2n) is 7.30. The Morgan fingerprint density at radius 3 is 2.60 bits per heavy atom. The lowest BCUT2D eigenvalue weighted by Crippen LogP contribution is -2.28. The van der Waals surface area contributed by atoms with Gasteiger partial charge in [0.05, 0.1) is 11.5 Å². The van der Waals surface area contributed by atoms with Crippen LogP contribution in [0.3, 0.4) is 0 Å². The number of nitrogens with zero attached hydrogens (tertiary/aromatic N) is 3. The number of nitrogens with one attached hydrogen (secondary N) is 1. The monoisotopic (exact) mass is 408 g/mol. The van der Waals surface area contributed by atoms with Crippen molar-refractivity contribution in [1.82, 2.24) is 14.5 Å². The van der Waals surface area contributed by atoms with Gasteiger partial charge in [0, 0.05) is 18.4 Å². The van der Waals surface area contributed by atoms with Crippen molar-refractivity contribution in [1.29, 1.82) is 0 Å². The smallest absolute Gasteiger partial charge is 0.256 e. The molecule has 9 heteroatoms. The van der Waals surface area contributed by atoms with Gasteiger partial charge in [-0.1, -0.05) is 0 Å². The molecule has 30 heavy (non-hydrogen) atoms. The lowest BCUT2D eigenvalue weighted by molar-refractivity contribution is 0.1000. The summed E-state index contributed by atoms with van der Waals surface area (Å²) < 4.78 is 7.55. The van der Waals surface area contributed by atoms with E-state index >= 15 is 0 Å². The number of fused-ring (bicyclic) bond motifs is 1. The van der Waals surface area contributed by atoms with Crippen LogP contribution >= 0.6 is 0 Å². The number of benzene rings is 1. The SMILES string of the molecule is CCn1c(N)c(C(N)=O)c(=O)c2cnc(Nc3ccc(OC4CCCC4)cc3)nc21. The number of hydrogen-bond donors (Lipinski definition) is 3. The predicted octanol–water partition coefficient (Wildman–Crippen LogP) is 2.56. The molecule has 1 aliphatic rings. The van der Waals surface area contributed by atoms with Crippen molar-refractivity contribution in [2.24, 2.45) is 5.73 Å². The maximum atomic E-state index is 12.6. The molecular formula is C21H24N6O3. The number of nitrogens with two attached hydrogens (primary N) is 2. The summed E-state index contributed by atoms with van der Waals surface area (Å²) in [6, 6.07) is 7.58. The minimum atomic E-state index is -0.872. The Balaban J connectivity index is 1.63. The minimum absolute atomic E-state index is 0.000523. The van der Waals surface area contributed by atoms with Gasteiger partial charge in [-0.05, 0) is 56.9 Å². The number of pyridine rings is 1. The number of aromatic nitrogens is 3. The van der Waals surface area contributed by atoms with Crippen molar-refractivity contribution in [3.05, 3.63) is 46.2 Å². The summed E-state index contributed by atoms with van der Waals surface area (Å²) in [7, 11) is 0. The lowest BCUT2D eigenvalue weighted by Gasteiger charge is -2.15. The number of anilines is 3. The first-order chi connectivity index (χ1) is 14.5. The molecule has 1 aliphatic carbocycles. The van der Waals surface area contributed by atoms with E-state index in [2.05, 4.69) is 15.3 Å². The molecule has 5 N–H and O–H groups in total. The fourth-order valence-corrected chi connectivity index (χ4v) is 3.80. The highest BCUT2D eigenvalue weighted by Crippen LogP contribution is 2.26. The molecule has 0 unspecified atom stereocenters. The number of carbonyl (C=O) groups excluding carboxylic acids is 1. The van der Waals surface area contributed by atoms with Gasteiger partial charge >= 0.3 is 0 Å². The standard InChI is InChI=1S/C21H24N6O3/c1-2-27-18(22)16(19(23)29)17(28)15-11-24-21(26-20(15)27)25-12-7-9-14(10-8-12)30-13-5-3-4-6-13/h7-11,13H,2-6,22H2,1H3,(H2,23,29)(H,24,25,26). The van der Waals surface area contributed by atoms with Gasteiger partial charge in [0.25, 0.3) is 5.91 Å². The molecule has 156 valence electrons. The quantitative estimate of drug-likeness (QED) is 0.570. The van der Waals surface area contributed by atoms with E-state index in [9.17, 15) is 9.59 Å². The Morgan fingerprint density at radius 1 is 1.27 bits per heavy atom. The third kappa shape index (κ3) is 3.66. The Morgan fingerprint density at radius 2 is 1.97 bits per heavy atom. The zero-order valence-electron chi connectivity index (χ0n) is 16.7. The van der Waals surface area contributed by atoms with Crippen LogP contribution in [0.2, 0.25) is 0 Å². The first-order valence-electron chi connectivity index (χ1n) is 10.0. The molecule has 1 fully saturated rings. The highest BCUT2D eigenvalue weighted by molar-refractivity contribution is 6.00. The van der Waals surface area contributed by atoms with Crippen LogP contribution in [-0.2, 0) is 6.54 Å². The molecule has 0 atom stereocenters. The van der Waals surface area contributed by atoms with Crippen LogP contribution in [0.25, 0.3) is 11.0 Å². The number of aryl methyl sites for hydroxylation is 1. The average Bonchev–Trinajstić information content (AvgIpc) is 3.22. The maximum absolute atomic E-state index is 12.6. The molecule has 1 saturated carbocycles. The summed E-state index contributed by atoms with van der Waals surface area (Å²) >= 11 is 0. The molecule has 0 bridgehead atoms. The van der Waals surface area contributed by atoms with Crippen molar-refractivity contribution < 1.29 is 9.53 Å². The molecule has 1 amide bonds. The normalized spacial score (nSPS) is 14.2. The number of primary amides is 1. The van der Waals surface area contributed by atoms with Gasteiger partial charge in [-0.25, -0.2) is 4.98 Å². The Bertz CT molecular complexity index is 1150. The number of ether oxygens (including phenoxy) is 1. The highest BCUT2D eigenvalue weighted by atomic mass is 16.5. The van der Waals surface area contributed by atoms with E-state index in [1.165, 1.54) is 19.0 Å². The average molecular weight is 408 g/mol. The first-order valence-corrected chi connectivity index (χ1v) is 10.0. The van der Waals surface area contributed by atoms with E-state index in [1.807, 2.05) is 31.2 Å². The van der Waals surface area contributed by atoms with E-state index < -0.39 is 11.3 Å². The zero-order valence-corrected chi connectivity index (χ0v) is 16.7. The second kappa shape index (κ2) is 8.02. The van der Waals surface area contributed by atoms with Crippen LogP contribution < -0.4 is 26.9 Å². The third-order valence-corrected chi connectivity index (χ3v) is 5.32. The van der Waals surface area contributed by atoms with Crippen LogP contribution in [0.15, 0.2) is 35.3 Å². The number of hydrogen-bond acceptors (Lipinski definition) is 7. The largest absolute Gasteiger partial charge is 0.490 e. The fourth-order valence-electron chi connectivity index (χ4n) is 3.80. The van der Waals surface area contributed by atoms with Gasteiger partial charge in [0.15, 0.2) is 5.65 Å². The van der Waals surface area contributed by atoms with E-state index in [4.69, 9.17) is 16.2 Å². The molecule has 0 spiro atoms. The van der Waals surface area contributed by atoms with E-state index in [-0.39, 0.29) is 16.8 Å². The summed E-state index contributed by atoms with van der Waals surface area (Å²) in [5, 5.41) is 3.30. The molecule has 4 rings (SSSR count). The summed E-state index contributed by atoms with van der Waals surface area (Å²) in [6.45, 7) is 2.25. The molecule has 9 nitrogen and oxygen atoms in total. The second-order valence-corrected chi connectivity index (χ2v) is 7.30. The van der Waals surface area contributed by atoms with Crippen LogP contribution in [0.4, 0.5) is 17.5 Å². The Hall–Kier alpha value is -3.62. The van der Waals surface area contributed by atoms with E-state index in [0.717, 1.165) is 24.3 Å². The lowest BCUT2D eigenvalue weighted by atomic mass is 10.2. The summed E-state index contributed by atoms with van der Waals surface area (Å²) in [4.78, 5) is 32.9. The summed E-state index contributed by atoms with van der Waals surface area (Å²) in [6.07, 6.45) is 6.32. The molecule has 0 radical (unpaired) electrons. The van der Waals surface area contributed by atoms with Crippen LogP contribution in [-0.4, -0.2) is 26.5 Å². The Labute approximate surface area is 173 Å². The first kappa shape index (κ1) is 19.7. The van der Waals surface area contributed by atoms with Crippen LogP contribution in [0, 0.1) is 0 Å². The molecule has 1 aromatic carbocycles. The number of nitrogen functional groups attached to an aromatic ring is 1. The van der Waals surface area contributed by atoms with Crippen LogP contribution in [0.5, 0.6) is 5.75 Å². The van der Waals surface area contributed by atoms with Gasteiger partial charge in [-0.15, -0.1) is 0 Å². The fraction of sp³-hybridized carbons (Fsp3) is 0.333. The molecule has 0 aliphatic heterocycles. The predicted molar refractivity (Wildman–Crippen MR) is 115 cm³/mol. The van der Waals surface area contributed by atoms with Gasteiger partial charge in [0.1, 0.15) is 17.1 Å².